The number of carbonyl (C=O) groups excluding carboxylic acids is 3. The van der Waals surface area contributed by atoms with E-state index in [1.807, 2.05) is 31.2 Å². The molecule has 3 amide bonds. The number of para-hydroxylation sites is 1. The van der Waals surface area contributed by atoms with Gasteiger partial charge >= 0.3 is 11.8 Å². The van der Waals surface area contributed by atoms with Gasteiger partial charge in [0.1, 0.15) is 11.5 Å². The fourth-order valence-electron chi connectivity index (χ4n) is 2.67. The summed E-state index contributed by atoms with van der Waals surface area (Å²) in [6.07, 6.45) is -0.0389. The van der Waals surface area contributed by atoms with Crippen LogP contribution in [0.25, 0.3) is 0 Å². The predicted octanol–water partition coefficient (Wildman–Crippen LogP) is 2.15. The van der Waals surface area contributed by atoms with Gasteiger partial charge in [0.15, 0.2) is 0 Å². The van der Waals surface area contributed by atoms with Crippen molar-refractivity contribution in [1.29, 1.82) is 0 Å². The molecule has 0 aliphatic heterocycles. The summed E-state index contributed by atoms with van der Waals surface area (Å²) >= 11 is 0. The third kappa shape index (κ3) is 7.14. The molecule has 0 saturated carbocycles. The van der Waals surface area contributed by atoms with E-state index in [1.165, 1.54) is 7.11 Å². The van der Waals surface area contributed by atoms with Crippen LogP contribution in [-0.4, -0.2) is 37.7 Å². The number of aryl methyl sites for hydroxylation is 1. The molecule has 0 heterocycles. The third-order valence-corrected chi connectivity index (χ3v) is 4.24. The van der Waals surface area contributed by atoms with E-state index in [0.717, 1.165) is 11.1 Å². The van der Waals surface area contributed by atoms with Crippen molar-refractivity contribution in [3.8, 4) is 11.5 Å². The van der Waals surface area contributed by atoms with E-state index in [-0.39, 0.29) is 12.3 Å². The van der Waals surface area contributed by atoms with Crippen LogP contribution in [0.1, 0.15) is 24.5 Å². The minimum atomic E-state index is -0.961. The molecular weight excluding hydrogens is 400 g/mol. The second-order valence-corrected chi connectivity index (χ2v) is 6.71. The zero-order valence-electron chi connectivity index (χ0n) is 17.9. The largest absolute Gasteiger partial charge is 0.496 e. The summed E-state index contributed by atoms with van der Waals surface area (Å²) < 4.78 is 10.4. The molecule has 0 spiro atoms. The van der Waals surface area contributed by atoms with Crippen molar-refractivity contribution in [2.75, 3.05) is 19.5 Å². The zero-order valence-corrected chi connectivity index (χ0v) is 17.9. The van der Waals surface area contributed by atoms with E-state index in [0.29, 0.717) is 29.4 Å². The highest BCUT2D eigenvalue weighted by atomic mass is 16.5. The first-order valence-corrected chi connectivity index (χ1v) is 9.51. The Kier molecular flexibility index (Phi) is 8.56. The Hall–Kier alpha value is -3.88. The minimum absolute atomic E-state index is 0.0389. The number of amides is 3. The van der Waals surface area contributed by atoms with Gasteiger partial charge < -0.3 is 20.1 Å². The van der Waals surface area contributed by atoms with Crippen molar-refractivity contribution in [2.24, 2.45) is 5.10 Å². The molecule has 0 radical (unpaired) electrons. The number of nitrogens with one attached hydrogen (secondary N) is 3. The number of hydrazone groups is 1. The van der Waals surface area contributed by atoms with Crippen LogP contribution in [0, 0.1) is 6.92 Å². The number of ether oxygens (including phenoxy) is 2. The molecule has 31 heavy (non-hydrogen) atoms. The Morgan fingerprint density at radius 3 is 2.39 bits per heavy atom. The summed E-state index contributed by atoms with van der Waals surface area (Å²) in [7, 11) is 3.03. The number of rotatable bonds is 8. The van der Waals surface area contributed by atoms with Crippen LogP contribution in [-0.2, 0) is 20.9 Å². The van der Waals surface area contributed by atoms with E-state index < -0.39 is 11.8 Å². The Balaban J connectivity index is 1.85. The van der Waals surface area contributed by atoms with E-state index in [9.17, 15) is 14.4 Å². The van der Waals surface area contributed by atoms with Crippen molar-refractivity contribution >= 4 is 29.1 Å². The average Bonchev–Trinajstić information content (AvgIpc) is 2.76. The molecule has 9 heteroatoms. The van der Waals surface area contributed by atoms with Gasteiger partial charge in [-0.05, 0) is 37.6 Å². The summed E-state index contributed by atoms with van der Waals surface area (Å²) in [4.78, 5) is 36.2. The molecule has 0 atom stereocenters. The SMILES string of the molecule is COc1ccccc1CNC(=O)C/C(C)=N\NC(=O)C(=O)Nc1cc(C)ccc1OC. The smallest absolute Gasteiger partial charge is 0.329 e. The highest BCUT2D eigenvalue weighted by molar-refractivity contribution is 6.39. The van der Waals surface area contributed by atoms with Gasteiger partial charge in [-0.25, -0.2) is 5.43 Å². The number of benzene rings is 2. The molecular formula is C22H26N4O5. The number of hydrogen-bond acceptors (Lipinski definition) is 6. The Labute approximate surface area is 180 Å². The molecule has 9 nitrogen and oxygen atoms in total. The fourth-order valence-corrected chi connectivity index (χ4v) is 2.67. The highest BCUT2D eigenvalue weighted by Gasteiger charge is 2.16. The van der Waals surface area contributed by atoms with Gasteiger partial charge in [-0.15, -0.1) is 0 Å². The molecule has 3 N–H and O–H groups in total. The Morgan fingerprint density at radius 2 is 1.68 bits per heavy atom. The Morgan fingerprint density at radius 1 is 0.968 bits per heavy atom. The summed E-state index contributed by atoms with van der Waals surface area (Å²) in [6, 6.07) is 12.5. The molecule has 0 aromatic heterocycles. The quantitative estimate of drug-likeness (QED) is 0.340. The highest BCUT2D eigenvalue weighted by Crippen LogP contribution is 2.25. The third-order valence-electron chi connectivity index (χ3n) is 4.24. The van der Waals surface area contributed by atoms with E-state index in [1.54, 1.807) is 32.2 Å². The van der Waals surface area contributed by atoms with Crippen LogP contribution in [0.3, 0.4) is 0 Å². The van der Waals surface area contributed by atoms with Crippen LogP contribution in [0.2, 0.25) is 0 Å². The molecule has 0 aliphatic rings. The second-order valence-electron chi connectivity index (χ2n) is 6.71. The average molecular weight is 426 g/mol. The number of nitrogens with zero attached hydrogens (tertiary/aromatic N) is 1. The normalized spacial score (nSPS) is 10.8. The molecule has 0 bridgehead atoms. The lowest BCUT2D eigenvalue weighted by atomic mass is 10.2. The van der Waals surface area contributed by atoms with Crippen molar-refractivity contribution in [3.63, 3.8) is 0 Å². The first-order chi connectivity index (χ1) is 14.8. The van der Waals surface area contributed by atoms with Gasteiger partial charge in [0, 0.05) is 17.8 Å². The van der Waals surface area contributed by atoms with Gasteiger partial charge in [-0.2, -0.15) is 5.10 Å². The molecule has 0 unspecified atom stereocenters. The number of methoxy groups -OCH3 is 2. The number of hydrogen-bond donors (Lipinski definition) is 3. The molecule has 0 fully saturated rings. The first kappa shape index (κ1) is 23.4. The number of carbonyl (C=O) groups is 3. The van der Waals surface area contributed by atoms with Crippen molar-refractivity contribution < 1.29 is 23.9 Å². The van der Waals surface area contributed by atoms with Gasteiger partial charge in [-0.3, -0.25) is 14.4 Å². The first-order valence-electron chi connectivity index (χ1n) is 9.51. The zero-order chi connectivity index (χ0) is 22.8. The van der Waals surface area contributed by atoms with Crippen LogP contribution in [0.4, 0.5) is 5.69 Å². The van der Waals surface area contributed by atoms with Crippen LogP contribution in [0.5, 0.6) is 11.5 Å². The summed E-state index contributed by atoms with van der Waals surface area (Å²) in [5.41, 5.74) is 4.59. The summed E-state index contributed by atoms with van der Waals surface area (Å²) in [6.45, 7) is 3.72. The molecule has 0 saturated heterocycles. The maximum Gasteiger partial charge on any atom is 0.329 e. The van der Waals surface area contributed by atoms with Crippen molar-refractivity contribution in [2.45, 2.75) is 26.8 Å². The lowest BCUT2D eigenvalue weighted by molar-refractivity contribution is -0.136. The predicted molar refractivity (Wildman–Crippen MR) is 117 cm³/mol. The van der Waals surface area contributed by atoms with Crippen LogP contribution < -0.4 is 25.5 Å². The lowest BCUT2D eigenvalue weighted by Crippen LogP contribution is -2.33. The van der Waals surface area contributed by atoms with Gasteiger partial charge in [0.2, 0.25) is 5.91 Å². The topological polar surface area (TPSA) is 118 Å². The molecule has 2 aromatic rings. The standard InChI is InChI=1S/C22H26N4O5/c1-14-9-10-19(31-4)17(11-14)24-21(28)22(29)26-25-15(2)12-20(27)23-13-16-7-5-6-8-18(16)30-3/h5-11H,12-13H2,1-4H3,(H,23,27)(H,24,28)(H,26,29)/b25-15-. The lowest BCUT2D eigenvalue weighted by Gasteiger charge is -2.10. The van der Waals surface area contributed by atoms with Gasteiger partial charge in [0.05, 0.1) is 26.3 Å². The maximum atomic E-state index is 12.1. The fraction of sp³-hybridized carbons (Fsp3) is 0.273. The summed E-state index contributed by atoms with van der Waals surface area (Å²) in [5, 5.41) is 9.05. The van der Waals surface area contributed by atoms with Crippen LogP contribution in [0.15, 0.2) is 47.6 Å². The van der Waals surface area contributed by atoms with E-state index in [2.05, 4.69) is 21.2 Å². The van der Waals surface area contributed by atoms with Gasteiger partial charge in [-0.1, -0.05) is 24.3 Å². The summed E-state index contributed by atoms with van der Waals surface area (Å²) in [5.74, 6) is -1.04. The maximum absolute atomic E-state index is 12.1. The van der Waals surface area contributed by atoms with E-state index >= 15 is 0 Å². The van der Waals surface area contributed by atoms with Crippen LogP contribution >= 0.6 is 0 Å². The molecule has 164 valence electrons. The molecule has 0 aliphatic carbocycles. The van der Waals surface area contributed by atoms with Gasteiger partial charge in [0.25, 0.3) is 0 Å². The van der Waals surface area contributed by atoms with Crippen molar-refractivity contribution in [1.82, 2.24) is 10.7 Å². The molecule has 2 aromatic carbocycles. The van der Waals surface area contributed by atoms with E-state index in [4.69, 9.17) is 9.47 Å². The minimum Gasteiger partial charge on any atom is -0.496 e. The second kappa shape index (κ2) is 11.3. The Bertz CT molecular complexity index is 988. The molecule has 2 rings (SSSR count). The monoisotopic (exact) mass is 426 g/mol. The number of anilines is 1. The van der Waals surface area contributed by atoms with Crippen molar-refractivity contribution in [3.05, 3.63) is 53.6 Å².